The number of carbonyl (C=O) groups is 1. The van der Waals surface area contributed by atoms with Gasteiger partial charge in [0, 0.05) is 19.6 Å². The van der Waals surface area contributed by atoms with E-state index >= 15 is 0 Å². The largest absolute Gasteiger partial charge is 0.389 e. The first-order chi connectivity index (χ1) is 14.2. The molecule has 172 valence electrons. The molecule has 1 aliphatic heterocycles. The van der Waals surface area contributed by atoms with E-state index in [0.29, 0.717) is 13.0 Å². The van der Waals surface area contributed by atoms with E-state index in [-0.39, 0.29) is 12.0 Å². The number of aliphatic hydroxyl groups excluding tert-OH is 1. The van der Waals surface area contributed by atoms with Crippen LogP contribution in [0.1, 0.15) is 109 Å². The highest BCUT2D eigenvalue weighted by Crippen LogP contribution is 2.13. The lowest BCUT2D eigenvalue weighted by atomic mass is 10.0. The number of carbonyl (C=O) groups excluding carboxylic acids is 1. The van der Waals surface area contributed by atoms with Crippen LogP contribution in [0.5, 0.6) is 0 Å². The highest BCUT2D eigenvalue weighted by atomic mass is 16.5. The second-order valence-electron chi connectivity index (χ2n) is 8.90. The minimum atomic E-state index is -0.330. The summed E-state index contributed by atoms with van der Waals surface area (Å²) >= 11 is 0. The van der Waals surface area contributed by atoms with E-state index in [9.17, 15) is 9.90 Å². The predicted molar refractivity (Wildman–Crippen MR) is 121 cm³/mol. The van der Waals surface area contributed by atoms with Gasteiger partial charge in [0.1, 0.15) is 0 Å². The van der Waals surface area contributed by atoms with E-state index in [1.165, 1.54) is 83.5 Å². The van der Waals surface area contributed by atoms with Gasteiger partial charge in [-0.2, -0.15) is 0 Å². The molecule has 3 N–H and O–H groups in total. The molecule has 0 spiro atoms. The average Bonchev–Trinajstić information content (AvgIpc) is 2.71. The Kier molecular flexibility index (Phi) is 17.6. The van der Waals surface area contributed by atoms with Crippen molar-refractivity contribution >= 4 is 5.91 Å². The van der Waals surface area contributed by atoms with E-state index in [2.05, 4.69) is 4.90 Å². The summed E-state index contributed by atoms with van der Waals surface area (Å²) in [6.45, 7) is 4.32. The Morgan fingerprint density at radius 1 is 0.793 bits per heavy atom. The number of unbranched alkanes of at least 4 members (excludes halogenated alkanes) is 12. The Morgan fingerprint density at radius 2 is 1.28 bits per heavy atom. The van der Waals surface area contributed by atoms with Gasteiger partial charge in [0.05, 0.1) is 12.7 Å². The highest BCUT2D eigenvalue weighted by molar-refractivity contribution is 5.73. The third-order valence-corrected chi connectivity index (χ3v) is 5.94. The fourth-order valence-electron chi connectivity index (χ4n) is 4.16. The van der Waals surface area contributed by atoms with Crippen molar-refractivity contribution < 1.29 is 14.6 Å². The number of rotatable bonds is 20. The number of nitrogens with zero attached hydrogens (tertiary/aromatic N) is 1. The first-order valence-electron chi connectivity index (χ1n) is 12.4. The molecule has 1 atom stereocenters. The van der Waals surface area contributed by atoms with Crippen LogP contribution >= 0.6 is 0 Å². The predicted octanol–water partition coefficient (Wildman–Crippen LogP) is 4.80. The van der Waals surface area contributed by atoms with Crippen molar-refractivity contribution in [1.82, 2.24) is 4.90 Å². The van der Waals surface area contributed by atoms with Crippen LogP contribution in [0.25, 0.3) is 0 Å². The first-order valence-corrected chi connectivity index (χ1v) is 12.4. The van der Waals surface area contributed by atoms with Crippen molar-refractivity contribution in [2.45, 2.75) is 115 Å². The molecule has 5 heteroatoms. The van der Waals surface area contributed by atoms with Crippen LogP contribution in [0.15, 0.2) is 0 Å². The maximum Gasteiger partial charge on any atom is 0.217 e. The minimum absolute atomic E-state index is 0.167. The third kappa shape index (κ3) is 17.9. The molecule has 0 aromatic heterocycles. The van der Waals surface area contributed by atoms with Crippen molar-refractivity contribution in [3.63, 3.8) is 0 Å². The molecule has 0 aliphatic carbocycles. The molecule has 0 aromatic carbocycles. The van der Waals surface area contributed by atoms with Gasteiger partial charge in [-0.3, -0.25) is 4.79 Å². The molecule has 1 amide bonds. The van der Waals surface area contributed by atoms with E-state index in [1.807, 2.05) is 0 Å². The third-order valence-electron chi connectivity index (χ3n) is 5.94. The molecule has 0 radical (unpaired) electrons. The molecule has 1 saturated heterocycles. The van der Waals surface area contributed by atoms with E-state index in [1.54, 1.807) is 0 Å². The van der Waals surface area contributed by atoms with Gasteiger partial charge < -0.3 is 20.5 Å². The van der Waals surface area contributed by atoms with Crippen molar-refractivity contribution in [2.75, 3.05) is 32.8 Å². The zero-order valence-electron chi connectivity index (χ0n) is 18.9. The van der Waals surface area contributed by atoms with Crippen molar-refractivity contribution in [3.05, 3.63) is 0 Å². The Morgan fingerprint density at radius 3 is 1.79 bits per heavy atom. The second kappa shape index (κ2) is 19.3. The number of ether oxygens (including phenoxy) is 1. The molecule has 1 aliphatic rings. The van der Waals surface area contributed by atoms with Crippen LogP contribution in [-0.4, -0.2) is 54.9 Å². The zero-order valence-corrected chi connectivity index (χ0v) is 18.9. The van der Waals surface area contributed by atoms with Gasteiger partial charge in [-0.05, 0) is 38.8 Å². The topological polar surface area (TPSA) is 75.8 Å². The smallest absolute Gasteiger partial charge is 0.217 e. The molecule has 29 heavy (non-hydrogen) atoms. The number of hydrogen-bond donors (Lipinski definition) is 2. The number of amides is 1. The zero-order chi connectivity index (χ0) is 21.0. The molecule has 1 fully saturated rings. The Balaban J connectivity index is 1.71. The van der Waals surface area contributed by atoms with Gasteiger partial charge in [-0.1, -0.05) is 77.0 Å². The SMILES string of the molecule is NC(=O)CCCCCCCCCCCCCCCOCC(O)CN1CCCCC1. The standard InChI is InChI=1S/C24H48N2O3/c25-24(28)17-13-10-8-6-4-2-1-3-5-7-9-11-16-20-29-22-23(27)21-26-18-14-12-15-19-26/h23,27H,1-22H2,(H2,25,28). The van der Waals surface area contributed by atoms with Crippen LogP contribution in [0, 0.1) is 0 Å². The molecular formula is C24H48N2O3. The van der Waals surface area contributed by atoms with Gasteiger partial charge >= 0.3 is 0 Å². The molecule has 1 rings (SSSR count). The van der Waals surface area contributed by atoms with E-state index in [0.717, 1.165) is 45.5 Å². The average molecular weight is 413 g/mol. The number of β-amino-alcohol motifs (C(OH)–C–C–N with tert-alkyl or cyclic N) is 1. The second-order valence-corrected chi connectivity index (χ2v) is 8.90. The lowest BCUT2D eigenvalue weighted by Crippen LogP contribution is -2.38. The van der Waals surface area contributed by atoms with E-state index < -0.39 is 0 Å². The molecule has 0 aromatic rings. The van der Waals surface area contributed by atoms with Crippen LogP contribution in [0.3, 0.4) is 0 Å². The number of nitrogens with two attached hydrogens (primary N) is 1. The monoisotopic (exact) mass is 412 g/mol. The van der Waals surface area contributed by atoms with Crippen molar-refractivity contribution in [2.24, 2.45) is 5.73 Å². The van der Waals surface area contributed by atoms with Crippen molar-refractivity contribution in [3.8, 4) is 0 Å². The summed E-state index contributed by atoms with van der Waals surface area (Å²) < 4.78 is 5.66. The van der Waals surface area contributed by atoms with Crippen LogP contribution in [0.4, 0.5) is 0 Å². The van der Waals surface area contributed by atoms with Crippen LogP contribution in [-0.2, 0) is 9.53 Å². The first kappa shape index (κ1) is 26.4. The summed E-state index contributed by atoms with van der Waals surface area (Å²) in [6.07, 6.45) is 20.5. The molecule has 0 saturated carbocycles. The molecule has 0 bridgehead atoms. The van der Waals surface area contributed by atoms with Gasteiger partial charge in [-0.25, -0.2) is 0 Å². The lowest BCUT2D eigenvalue weighted by molar-refractivity contribution is -0.118. The summed E-state index contributed by atoms with van der Waals surface area (Å²) in [4.78, 5) is 13.0. The Labute approximate surface area is 179 Å². The number of hydrogen-bond acceptors (Lipinski definition) is 4. The fraction of sp³-hybridized carbons (Fsp3) is 0.958. The maximum atomic E-state index is 10.6. The lowest BCUT2D eigenvalue weighted by Gasteiger charge is -2.28. The molecule has 5 nitrogen and oxygen atoms in total. The Bertz CT molecular complexity index is 373. The number of piperidine rings is 1. The van der Waals surface area contributed by atoms with Crippen LogP contribution < -0.4 is 5.73 Å². The minimum Gasteiger partial charge on any atom is -0.389 e. The number of likely N-dealkylation sites (tertiary alicyclic amines) is 1. The molecule has 1 heterocycles. The summed E-state index contributed by atoms with van der Waals surface area (Å²) in [6, 6.07) is 0. The number of primary amides is 1. The molecule has 1 unspecified atom stereocenters. The number of aliphatic hydroxyl groups is 1. The summed E-state index contributed by atoms with van der Waals surface area (Å²) in [7, 11) is 0. The summed E-state index contributed by atoms with van der Waals surface area (Å²) in [5.41, 5.74) is 5.14. The van der Waals surface area contributed by atoms with Gasteiger partial charge in [0.25, 0.3) is 0 Å². The van der Waals surface area contributed by atoms with Gasteiger partial charge in [-0.15, -0.1) is 0 Å². The summed E-state index contributed by atoms with van der Waals surface area (Å²) in [5.74, 6) is -0.167. The quantitative estimate of drug-likeness (QED) is 0.282. The van der Waals surface area contributed by atoms with Gasteiger partial charge in [0.15, 0.2) is 0 Å². The van der Waals surface area contributed by atoms with E-state index in [4.69, 9.17) is 10.5 Å². The summed E-state index contributed by atoms with van der Waals surface area (Å²) in [5, 5.41) is 10.1. The van der Waals surface area contributed by atoms with Crippen LogP contribution in [0.2, 0.25) is 0 Å². The van der Waals surface area contributed by atoms with Gasteiger partial charge in [0.2, 0.25) is 5.91 Å². The Hall–Kier alpha value is -0.650. The highest BCUT2D eigenvalue weighted by Gasteiger charge is 2.14. The normalized spacial score (nSPS) is 16.2. The maximum absolute atomic E-state index is 10.6. The molecular weight excluding hydrogens is 364 g/mol. The van der Waals surface area contributed by atoms with Crippen molar-refractivity contribution in [1.29, 1.82) is 0 Å². The fourth-order valence-corrected chi connectivity index (χ4v) is 4.16.